The highest BCUT2D eigenvalue weighted by molar-refractivity contribution is 7.16. The molecule has 122 valence electrons. The number of benzene rings is 1. The van der Waals surface area contributed by atoms with Gasteiger partial charge in [-0.15, -0.1) is 11.3 Å². The Labute approximate surface area is 143 Å². The Balaban J connectivity index is 2.18. The fraction of sp³-hybridized carbons (Fsp3) is 0.250. The third-order valence-corrected chi connectivity index (χ3v) is 4.35. The van der Waals surface area contributed by atoms with Gasteiger partial charge in [-0.05, 0) is 31.2 Å². The maximum atomic E-state index is 12.8. The molecule has 2 aromatic rings. The normalized spacial score (nSPS) is 10.3. The summed E-state index contributed by atoms with van der Waals surface area (Å²) >= 11 is 7.37. The number of carbonyl (C=O) groups is 2. The van der Waals surface area contributed by atoms with Crippen LogP contribution >= 0.6 is 22.9 Å². The highest BCUT2D eigenvalue weighted by atomic mass is 35.5. The minimum absolute atomic E-state index is 0.169. The molecule has 0 bridgehead atoms. The number of nitrogens with two attached hydrogens (primary N) is 1. The highest BCUT2D eigenvalue weighted by Gasteiger charge is 2.19. The molecule has 0 saturated heterocycles. The van der Waals surface area contributed by atoms with Crippen molar-refractivity contribution >= 4 is 34.8 Å². The zero-order chi connectivity index (χ0) is 16.8. The second-order valence-electron chi connectivity index (χ2n) is 4.78. The smallest absolute Gasteiger partial charge is 0.257 e. The molecule has 2 N–H and O–H groups in total. The molecule has 1 aromatic carbocycles. The molecule has 0 unspecified atom stereocenters. The van der Waals surface area contributed by atoms with Gasteiger partial charge in [0, 0.05) is 11.4 Å². The monoisotopic (exact) mass is 352 g/mol. The van der Waals surface area contributed by atoms with Crippen molar-refractivity contribution in [1.82, 2.24) is 4.90 Å². The van der Waals surface area contributed by atoms with Crippen molar-refractivity contribution in [3.8, 4) is 5.75 Å². The molecular formula is C16H17ClN2O3S. The second-order valence-corrected chi connectivity index (χ2v) is 6.58. The summed E-state index contributed by atoms with van der Waals surface area (Å²) in [5, 5.41) is 0. The minimum atomic E-state index is -0.590. The molecule has 0 atom stereocenters. The van der Waals surface area contributed by atoms with Gasteiger partial charge in [0.15, 0.2) is 6.61 Å². The molecule has 2 rings (SSSR count). The summed E-state index contributed by atoms with van der Waals surface area (Å²) in [6, 6.07) is 10.5. The van der Waals surface area contributed by atoms with Gasteiger partial charge in [0.05, 0.1) is 16.4 Å². The summed E-state index contributed by atoms with van der Waals surface area (Å²) in [5.74, 6) is -0.413. The molecule has 0 aliphatic carbocycles. The Morgan fingerprint density at radius 3 is 2.61 bits per heavy atom. The van der Waals surface area contributed by atoms with Gasteiger partial charge < -0.3 is 15.4 Å². The van der Waals surface area contributed by atoms with E-state index in [1.165, 1.54) is 11.3 Å². The van der Waals surface area contributed by atoms with E-state index < -0.39 is 5.91 Å². The number of nitrogens with zero attached hydrogens (tertiary/aromatic N) is 1. The third kappa shape index (κ3) is 4.71. The van der Waals surface area contributed by atoms with Gasteiger partial charge in [0.25, 0.3) is 11.8 Å². The van der Waals surface area contributed by atoms with E-state index in [2.05, 4.69) is 0 Å². The van der Waals surface area contributed by atoms with Crippen LogP contribution in [0.5, 0.6) is 5.75 Å². The number of para-hydroxylation sites is 1. The molecule has 1 heterocycles. The van der Waals surface area contributed by atoms with Crippen molar-refractivity contribution in [2.45, 2.75) is 13.5 Å². The second kappa shape index (κ2) is 7.99. The van der Waals surface area contributed by atoms with E-state index >= 15 is 0 Å². The van der Waals surface area contributed by atoms with Gasteiger partial charge in [0.2, 0.25) is 0 Å². The lowest BCUT2D eigenvalue weighted by Crippen LogP contribution is -2.30. The Hall–Kier alpha value is -2.05. The summed E-state index contributed by atoms with van der Waals surface area (Å²) in [6.45, 7) is 2.65. The molecule has 2 amide bonds. The van der Waals surface area contributed by atoms with Crippen LogP contribution in [0.3, 0.4) is 0 Å². The summed E-state index contributed by atoms with van der Waals surface area (Å²) in [4.78, 5) is 26.3. The van der Waals surface area contributed by atoms with Gasteiger partial charge in [0.1, 0.15) is 5.75 Å². The van der Waals surface area contributed by atoms with Crippen LogP contribution in [-0.4, -0.2) is 29.9 Å². The molecule has 0 saturated carbocycles. The fourth-order valence-corrected chi connectivity index (χ4v) is 3.14. The van der Waals surface area contributed by atoms with E-state index in [9.17, 15) is 9.59 Å². The van der Waals surface area contributed by atoms with E-state index in [0.717, 1.165) is 4.88 Å². The Bertz CT molecular complexity index is 702. The molecule has 0 aliphatic heterocycles. The van der Waals surface area contributed by atoms with Gasteiger partial charge in [-0.2, -0.15) is 0 Å². The van der Waals surface area contributed by atoms with Gasteiger partial charge in [-0.3, -0.25) is 9.59 Å². The molecule has 5 nitrogen and oxygen atoms in total. The van der Waals surface area contributed by atoms with Crippen LogP contribution in [0.2, 0.25) is 4.34 Å². The number of hydrogen-bond acceptors (Lipinski definition) is 4. The number of rotatable bonds is 7. The topological polar surface area (TPSA) is 72.6 Å². The summed E-state index contributed by atoms with van der Waals surface area (Å²) in [7, 11) is 0. The summed E-state index contributed by atoms with van der Waals surface area (Å²) < 4.78 is 6.02. The number of amides is 2. The van der Waals surface area contributed by atoms with Crippen molar-refractivity contribution in [2.75, 3.05) is 13.2 Å². The average Bonchev–Trinajstić information content (AvgIpc) is 2.95. The molecule has 0 fully saturated rings. The van der Waals surface area contributed by atoms with Gasteiger partial charge >= 0.3 is 0 Å². The zero-order valence-corrected chi connectivity index (χ0v) is 14.2. The fourth-order valence-electron chi connectivity index (χ4n) is 2.04. The average molecular weight is 353 g/mol. The standard InChI is InChI=1S/C16H17ClN2O3S/c1-2-19(9-11-7-8-14(17)23-11)16(21)12-5-3-4-6-13(12)22-10-15(18)20/h3-8H,2,9-10H2,1H3,(H2,18,20). The Kier molecular flexibility index (Phi) is 6.01. The lowest BCUT2D eigenvalue weighted by molar-refractivity contribution is -0.119. The van der Waals surface area contributed by atoms with Crippen molar-refractivity contribution in [3.05, 3.63) is 51.2 Å². The lowest BCUT2D eigenvalue weighted by atomic mass is 10.1. The first-order valence-corrected chi connectivity index (χ1v) is 8.24. The first-order chi connectivity index (χ1) is 11.0. The Morgan fingerprint density at radius 2 is 2.00 bits per heavy atom. The number of thiophene rings is 1. The van der Waals surface area contributed by atoms with E-state index in [1.54, 1.807) is 29.2 Å². The predicted molar refractivity (Wildman–Crippen MR) is 90.9 cm³/mol. The first-order valence-electron chi connectivity index (χ1n) is 7.05. The van der Waals surface area contributed by atoms with E-state index in [4.69, 9.17) is 22.1 Å². The lowest BCUT2D eigenvalue weighted by Gasteiger charge is -2.21. The van der Waals surface area contributed by atoms with Crippen molar-refractivity contribution in [2.24, 2.45) is 5.73 Å². The quantitative estimate of drug-likeness (QED) is 0.832. The van der Waals surface area contributed by atoms with Crippen molar-refractivity contribution in [3.63, 3.8) is 0 Å². The number of hydrogen-bond donors (Lipinski definition) is 1. The largest absolute Gasteiger partial charge is 0.483 e. The van der Waals surface area contributed by atoms with Crippen molar-refractivity contribution < 1.29 is 14.3 Å². The number of ether oxygens (including phenoxy) is 1. The number of carbonyl (C=O) groups excluding carboxylic acids is 2. The maximum absolute atomic E-state index is 12.8. The molecular weight excluding hydrogens is 336 g/mol. The molecule has 0 spiro atoms. The van der Waals surface area contributed by atoms with Crippen LogP contribution in [0.25, 0.3) is 0 Å². The zero-order valence-electron chi connectivity index (χ0n) is 12.6. The Morgan fingerprint density at radius 1 is 1.26 bits per heavy atom. The van der Waals surface area contributed by atoms with Crippen LogP contribution in [0, 0.1) is 0 Å². The van der Waals surface area contributed by atoms with E-state index in [0.29, 0.717) is 28.7 Å². The SMILES string of the molecule is CCN(Cc1ccc(Cl)s1)C(=O)c1ccccc1OCC(N)=O. The van der Waals surface area contributed by atoms with Crippen LogP contribution in [0.1, 0.15) is 22.2 Å². The third-order valence-electron chi connectivity index (χ3n) is 3.13. The number of primary amides is 1. The van der Waals surface area contributed by atoms with Gasteiger partial charge in [-0.25, -0.2) is 0 Å². The molecule has 7 heteroatoms. The molecule has 1 aromatic heterocycles. The highest BCUT2D eigenvalue weighted by Crippen LogP contribution is 2.25. The molecule has 0 aliphatic rings. The maximum Gasteiger partial charge on any atom is 0.257 e. The number of halogens is 1. The van der Waals surface area contributed by atoms with Crippen LogP contribution in [0.4, 0.5) is 0 Å². The summed E-state index contributed by atoms with van der Waals surface area (Å²) in [5.41, 5.74) is 5.49. The van der Waals surface area contributed by atoms with Crippen molar-refractivity contribution in [1.29, 1.82) is 0 Å². The van der Waals surface area contributed by atoms with Crippen LogP contribution in [-0.2, 0) is 11.3 Å². The van der Waals surface area contributed by atoms with Crippen LogP contribution in [0.15, 0.2) is 36.4 Å². The minimum Gasteiger partial charge on any atom is -0.483 e. The van der Waals surface area contributed by atoms with E-state index in [1.807, 2.05) is 19.1 Å². The van der Waals surface area contributed by atoms with Gasteiger partial charge in [-0.1, -0.05) is 23.7 Å². The first kappa shape index (κ1) is 17.3. The summed E-state index contributed by atoms with van der Waals surface area (Å²) in [6.07, 6.45) is 0. The van der Waals surface area contributed by atoms with Crippen LogP contribution < -0.4 is 10.5 Å². The van der Waals surface area contributed by atoms with E-state index in [-0.39, 0.29) is 12.5 Å². The molecule has 0 radical (unpaired) electrons. The predicted octanol–water partition coefficient (Wildman–Crippen LogP) is 2.93. The molecule has 23 heavy (non-hydrogen) atoms.